The lowest BCUT2D eigenvalue weighted by Crippen LogP contribution is -2.42. The van der Waals surface area contributed by atoms with E-state index < -0.39 is 0 Å². The molecule has 0 aromatic heterocycles. The topological polar surface area (TPSA) is 73.6 Å². The summed E-state index contributed by atoms with van der Waals surface area (Å²) in [6.45, 7) is 0.982. The molecule has 0 aliphatic heterocycles. The molecule has 5 heteroatoms. The molecule has 2 atom stereocenters. The van der Waals surface area contributed by atoms with Crippen LogP contribution in [-0.4, -0.2) is 39.5 Å². The van der Waals surface area contributed by atoms with Gasteiger partial charge in [-0.3, -0.25) is 4.79 Å². The summed E-state index contributed by atoms with van der Waals surface area (Å²) in [5.41, 5.74) is 5.71. The summed E-state index contributed by atoms with van der Waals surface area (Å²) in [6, 6.07) is 0. The van der Waals surface area contributed by atoms with Crippen molar-refractivity contribution in [3.63, 3.8) is 0 Å². The van der Waals surface area contributed by atoms with Crippen LogP contribution in [-0.2, 0) is 14.3 Å². The fourth-order valence-corrected chi connectivity index (χ4v) is 2.41. The van der Waals surface area contributed by atoms with Crippen molar-refractivity contribution in [2.45, 2.75) is 32.0 Å². The van der Waals surface area contributed by atoms with Crippen LogP contribution in [0.2, 0.25) is 0 Å². The second kappa shape index (κ2) is 7.63. The minimum Gasteiger partial charge on any atom is -0.354 e. The van der Waals surface area contributed by atoms with Gasteiger partial charge in [-0.2, -0.15) is 0 Å². The third-order valence-electron chi connectivity index (χ3n) is 3.52. The van der Waals surface area contributed by atoms with E-state index in [0.717, 1.165) is 19.3 Å². The Morgan fingerprint density at radius 1 is 1.35 bits per heavy atom. The van der Waals surface area contributed by atoms with Crippen molar-refractivity contribution in [3.05, 3.63) is 0 Å². The Balaban J connectivity index is 2.39. The standard InChI is InChI=1S/C12H24N2O3/c1-16-11(17-2)8-14-12(15)10-6-4-3-5-9(10)7-13/h9-11H,3-8,13H2,1-2H3,(H,14,15). The number of nitrogens with one attached hydrogen (secondary N) is 1. The third kappa shape index (κ3) is 4.26. The first kappa shape index (κ1) is 14.4. The lowest BCUT2D eigenvalue weighted by atomic mass is 9.79. The van der Waals surface area contributed by atoms with E-state index in [0.29, 0.717) is 19.0 Å². The molecule has 1 amide bonds. The Labute approximate surface area is 103 Å². The molecule has 5 nitrogen and oxygen atoms in total. The molecule has 3 N–H and O–H groups in total. The zero-order valence-corrected chi connectivity index (χ0v) is 10.8. The predicted molar refractivity (Wildman–Crippen MR) is 65.3 cm³/mol. The van der Waals surface area contributed by atoms with Crippen molar-refractivity contribution >= 4 is 5.91 Å². The number of ether oxygens (including phenoxy) is 2. The van der Waals surface area contributed by atoms with Gasteiger partial charge < -0.3 is 20.5 Å². The van der Waals surface area contributed by atoms with Gasteiger partial charge in [0.15, 0.2) is 6.29 Å². The predicted octanol–water partition coefficient (Wildman–Crippen LogP) is 0.487. The van der Waals surface area contributed by atoms with Crippen molar-refractivity contribution in [2.24, 2.45) is 17.6 Å². The number of methoxy groups -OCH3 is 2. The van der Waals surface area contributed by atoms with Crippen LogP contribution in [0.5, 0.6) is 0 Å². The maximum Gasteiger partial charge on any atom is 0.223 e. The molecule has 0 bridgehead atoms. The van der Waals surface area contributed by atoms with Gasteiger partial charge in [0.25, 0.3) is 0 Å². The van der Waals surface area contributed by atoms with Gasteiger partial charge in [0.2, 0.25) is 5.91 Å². The Morgan fingerprint density at radius 2 is 2.00 bits per heavy atom. The summed E-state index contributed by atoms with van der Waals surface area (Å²) in [6.07, 6.45) is 3.93. The Kier molecular flexibility index (Phi) is 6.47. The largest absolute Gasteiger partial charge is 0.354 e. The molecular weight excluding hydrogens is 220 g/mol. The first-order chi connectivity index (χ1) is 8.22. The van der Waals surface area contributed by atoms with Crippen LogP contribution < -0.4 is 11.1 Å². The van der Waals surface area contributed by atoms with Crippen molar-refractivity contribution in [3.8, 4) is 0 Å². The number of carbonyl (C=O) groups excluding carboxylic acids is 1. The van der Waals surface area contributed by atoms with E-state index in [2.05, 4.69) is 5.32 Å². The first-order valence-corrected chi connectivity index (χ1v) is 6.26. The molecule has 2 unspecified atom stereocenters. The molecule has 0 saturated heterocycles. The highest BCUT2D eigenvalue weighted by Gasteiger charge is 2.29. The quantitative estimate of drug-likeness (QED) is 0.667. The van der Waals surface area contributed by atoms with Crippen LogP contribution in [0.4, 0.5) is 0 Å². The zero-order valence-electron chi connectivity index (χ0n) is 10.8. The zero-order chi connectivity index (χ0) is 12.7. The summed E-state index contributed by atoms with van der Waals surface area (Å²) in [4.78, 5) is 12.0. The Morgan fingerprint density at radius 3 is 2.59 bits per heavy atom. The second-order valence-corrected chi connectivity index (χ2v) is 4.53. The molecule has 0 radical (unpaired) electrons. The van der Waals surface area contributed by atoms with Crippen molar-refractivity contribution in [1.29, 1.82) is 0 Å². The molecule has 100 valence electrons. The van der Waals surface area contributed by atoms with Crippen molar-refractivity contribution < 1.29 is 14.3 Å². The van der Waals surface area contributed by atoms with Gasteiger partial charge in [-0.25, -0.2) is 0 Å². The van der Waals surface area contributed by atoms with E-state index in [-0.39, 0.29) is 18.1 Å². The van der Waals surface area contributed by atoms with Gasteiger partial charge in [0.1, 0.15) is 0 Å². The molecule has 17 heavy (non-hydrogen) atoms. The van der Waals surface area contributed by atoms with E-state index in [9.17, 15) is 4.79 Å². The van der Waals surface area contributed by atoms with Crippen LogP contribution in [0.3, 0.4) is 0 Å². The van der Waals surface area contributed by atoms with E-state index >= 15 is 0 Å². The summed E-state index contributed by atoms with van der Waals surface area (Å²) < 4.78 is 10.1. The normalized spacial score (nSPS) is 24.9. The van der Waals surface area contributed by atoms with Gasteiger partial charge in [0.05, 0.1) is 6.54 Å². The Hall–Kier alpha value is -0.650. The fourth-order valence-electron chi connectivity index (χ4n) is 2.41. The van der Waals surface area contributed by atoms with Crippen LogP contribution in [0.1, 0.15) is 25.7 Å². The van der Waals surface area contributed by atoms with E-state index in [1.54, 1.807) is 14.2 Å². The summed E-state index contributed by atoms with van der Waals surface area (Å²) in [5.74, 6) is 0.467. The Bertz CT molecular complexity index is 232. The molecule has 1 aliphatic rings. The molecule has 1 saturated carbocycles. The van der Waals surface area contributed by atoms with Crippen LogP contribution in [0, 0.1) is 11.8 Å². The molecular formula is C12H24N2O3. The average molecular weight is 244 g/mol. The van der Waals surface area contributed by atoms with Gasteiger partial charge in [0, 0.05) is 20.1 Å². The number of carbonyl (C=O) groups is 1. The summed E-state index contributed by atoms with van der Waals surface area (Å²) in [7, 11) is 3.12. The minimum atomic E-state index is -0.376. The van der Waals surface area contributed by atoms with Gasteiger partial charge in [-0.1, -0.05) is 12.8 Å². The highest BCUT2D eigenvalue weighted by atomic mass is 16.7. The number of nitrogens with two attached hydrogens (primary N) is 1. The number of hydrogen-bond donors (Lipinski definition) is 2. The first-order valence-electron chi connectivity index (χ1n) is 6.26. The highest BCUT2D eigenvalue weighted by molar-refractivity contribution is 5.79. The SMILES string of the molecule is COC(CNC(=O)C1CCCCC1CN)OC. The van der Waals surface area contributed by atoms with Gasteiger partial charge in [-0.05, 0) is 25.3 Å². The third-order valence-corrected chi connectivity index (χ3v) is 3.52. The number of rotatable bonds is 6. The average Bonchev–Trinajstić information content (AvgIpc) is 2.39. The van der Waals surface area contributed by atoms with Crippen LogP contribution >= 0.6 is 0 Å². The second-order valence-electron chi connectivity index (χ2n) is 4.53. The number of hydrogen-bond acceptors (Lipinski definition) is 4. The molecule has 1 rings (SSSR count). The van der Waals surface area contributed by atoms with Crippen LogP contribution in [0.25, 0.3) is 0 Å². The van der Waals surface area contributed by atoms with E-state index in [1.165, 1.54) is 6.42 Å². The van der Waals surface area contributed by atoms with E-state index in [1.807, 2.05) is 0 Å². The summed E-state index contributed by atoms with van der Waals surface area (Å²) in [5, 5.41) is 2.87. The van der Waals surface area contributed by atoms with Crippen LogP contribution in [0.15, 0.2) is 0 Å². The maximum absolute atomic E-state index is 12.0. The highest BCUT2D eigenvalue weighted by Crippen LogP contribution is 2.29. The molecule has 0 spiro atoms. The fraction of sp³-hybridized carbons (Fsp3) is 0.917. The molecule has 0 aromatic carbocycles. The molecule has 0 heterocycles. The lowest BCUT2D eigenvalue weighted by molar-refractivity contribution is -0.133. The maximum atomic E-state index is 12.0. The smallest absolute Gasteiger partial charge is 0.223 e. The number of amides is 1. The lowest BCUT2D eigenvalue weighted by Gasteiger charge is -2.29. The van der Waals surface area contributed by atoms with E-state index in [4.69, 9.17) is 15.2 Å². The molecule has 0 aromatic rings. The van der Waals surface area contributed by atoms with Gasteiger partial charge in [-0.15, -0.1) is 0 Å². The van der Waals surface area contributed by atoms with Gasteiger partial charge >= 0.3 is 0 Å². The minimum absolute atomic E-state index is 0.0584. The van der Waals surface area contributed by atoms with Crippen molar-refractivity contribution in [2.75, 3.05) is 27.3 Å². The monoisotopic (exact) mass is 244 g/mol. The molecule has 1 fully saturated rings. The molecule has 1 aliphatic carbocycles. The summed E-state index contributed by atoms with van der Waals surface area (Å²) >= 11 is 0. The van der Waals surface area contributed by atoms with Crippen molar-refractivity contribution in [1.82, 2.24) is 5.32 Å².